The van der Waals surface area contributed by atoms with Gasteiger partial charge in [0.2, 0.25) is 0 Å². The Labute approximate surface area is 575 Å². The van der Waals surface area contributed by atoms with Crippen LogP contribution < -0.4 is 0 Å². The highest BCUT2D eigenvalue weighted by Crippen LogP contribution is 2.45. The zero-order valence-electron chi connectivity index (χ0n) is 61.4. The minimum atomic E-state index is -4.96. The van der Waals surface area contributed by atoms with Crippen molar-refractivity contribution in [2.75, 3.05) is 39.6 Å². The van der Waals surface area contributed by atoms with Crippen molar-refractivity contribution < 1.29 is 80.2 Å². The number of carbonyl (C=O) groups is 4. The summed E-state index contributed by atoms with van der Waals surface area (Å²) in [5, 5.41) is 10.6. The molecule has 3 N–H and O–H groups in total. The molecule has 0 aliphatic carbocycles. The normalized spacial score (nSPS) is 15.0. The lowest BCUT2D eigenvalue weighted by Crippen LogP contribution is -2.30. The van der Waals surface area contributed by atoms with Crippen LogP contribution in [0.2, 0.25) is 0 Å². The zero-order valence-corrected chi connectivity index (χ0v) is 63.2. The summed E-state index contributed by atoms with van der Waals surface area (Å²) in [7, 11) is -9.91. The summed E-state index contributed by atoms with van der Waals surface area (Å²) in [6.07, 6.45) is 51.1. The number of aliphatic hydroxyl groups excluding tert-OH is 1. The summed E-state index contributed by atoms with van der Waals surface area (Å²) in [6.45, 7) is 11.9. The van der Waals surface area contributed by atoms with Gasteiger partial charge in [0.1, 0.15) is 19.3 Å². The fraction of sp³-hybridized carbons (Fsp3) is 0.947. The maximum atomic E-state index is 13.1. The molecular formula is C75H146O17P2. The standard InChI is InChI=1S/C75H146O17P2/c1-8-12-13-14-15-16-17-18-19-20-21-22-27-37-44-51-58-74(79)91-70(62-85-72(77)56-49-42-35-26-24-23-25-32-39-46-53-66(5)9-2)64-89-93(81,82)87-60-69(76)61-88-94(83,84)90-65-71(92-75(80)59-52-45-38-31-29-34-41-48-55-68(7)11-4)63-86-73(78)57-50-43-36-30-28-33-40-47-54-67(6)10-3/h66-71,76H,8-65H2,1-7H3,(H,81,82)(H,83,84)/t66?,67?,68?,69-,70-,71-/m1/s1. The van der Waals surface area contributed by atoms with E-state index in [-0.39, 0.29) is 25.7 Å². The quantitative estimate of drug-likeness (QED) is 0.0222. The van der Waals surface area contributed by atoms with Crippen LogP contribution in [-0.4, -0.2) is 96.7 Å². The predicted octanol–water partition coefficient (Wildman–Crippen LogP) is 21.8. The van der Waals surface area contributed by atoms with Crippen LogP contribution in [0.15, 0.2) is 0 Å². The second-order valence-corrected chi connectivity index (χ2v) is 30.7. The number of esters is 4. The highest BCUT2D eigenvalue weighted by molar-refractivity contribution is 7.47. The third-order valence-corrected chi connectivity index (χ3v) is 20.4. The number of rotatable bonds is 73. The topological polar surface area (TPSA) is 237 Å². The molecule has 0 amide bonds. The van der Waals surface area contributed by atoms with E-state index < -0.39 is 97.5 Å². The van der Waals surface area contributed by atoms with Crippen LogP contribution in [0.4, 0.5) is 0 Å². The van der Waals surface area contributed by atoms with Gasteiger partial charge in [-0.2, -0.15) is 0 Å². The maximum absolute atomic E-state index is 13.1. The highest BCUT2D eigenvalue weighted by Gasteiger charge is 2.30. The number of hydrogen-bond acceptors (Lipinski definition) is 15. The monoisotopic (exact) mass is 1380 g/mol. The number of hydrogen-bond donors (Lipinski definition) is 3. The van der Waals surface area contributed by atoms with Gasteiger partial charge in [-0.1, -0.05) is 331 Å². The van der Waals surface area contributed by atoms with E-state index in [0.29, 0.717) is 25.7 Å². The summed E-state index contributed by atoms with van der Waals surface area (Å²) < 4.78 is 68.5. The minimum absolute atomic E-state index is 0.104. The summed E-state index contributed by atoms with van der Waals surface area (Å²) in [5.74, 6) is 0.237. The maximum Gasteiger partial charge on any atom is 0.472 e. The fourth-order valence-electron chi connectivity index (χ4n) is 11.3. The van der Waals surface area contributed by atoms with Gasteiger partial charge in [0.05, 0.1) is 26.4 Å². The Morgan fingerprint density at radius 2 is 0.511 bits per heavy atom. The van der Waals surface area contributed by atoms with Crippen molar-refractivity contribution in [3.8, 4) is 0 Å². The molecule has 0 aromatic heterocycles. The Morgan fingerprint density at radius 3 is 0.755 bits per heavy atom. The summed E-state index contributed by atoms with van der Waals surface area (Å²) in [4.78, 5) is 72.8. The molecule has 0 saturated carbocycles. The van der Waals surface area contributed by atoms with Crippen LogP contribution in [0.3, 0.4) is 0 Å². The lowest BCUT2D eigenvalue weighted by molar-refractivity contribution is -0.161. The fourth-order valence-corrected chi connectivity index (χ4v) is 12.9. The molecule has 19 heteroatoms. The first kappa shape index (κ1) is 92.1. The predicted molar refractivity (Wildman–Crippen MR) is 381 cm³/mol. The van der Waals surface area contributed by atoms with E-state index in [1.165, 1.54) is 193 Å². The van der Waals surface area contributed by atoms with Gasteiger partial charge in [-0.3, -0.25) is 37.3 Å². The molecule has 0 aromatic rings. The van der Waals surface area contributed by atoms with E-state index in [1.807, 2.05) is 0 Å². The van der Waals surface area contributed by atoms with Crippen molar-refractivity contribution in [2.45, 2.75) is 401 Å². The van der Waals surface area contributed by atoms with Crippen molar-refractivity contribution >= 4 is 39.5 Å². The van der Waals surface area contributed by atoms with E-state index in [0.717, 1.165) is 108 Å². The van der Waals surface area contributed by atoms with Gasteiger partial charge in [-0.25, -0.2) is 9.13 Å². The van der Waals surface area contributed by atoms with Crippen LogP contribution in [0, 0.1) is 17.8 Å². The second kappa shape index (κ2) is 65.7. The van der Waals surface area contributed by atoms with Gasteiger partial charge in [0.15, 0.2) is 12.2 Å². The Kier molecular flexibility index (Phi) is 64.3. The third-order valence-electron chi connectivity index (χ3n) is 18.5. The molecule has 17 nitrogen and oxygen atoms in total. The van der Waals surface area contributed by atoms with Crippen molar-refractivity contribution in [3.63, 3.8) is 0 Å². The SMILES string of the molecule is CCCCCCCCCCCCCCCCCCC(=O)O[C@H](COC(=O)CCCCCCCCCCCCC(C)CC)COP(=O)(O)OC[C@@H](O)COP(=O)(O)OC[C@@H](COC(=O)CCCCCCCCCCC(C)CC)OC(=O)CCCCCCCCCCC(C)CC. The Hall–Kier alpha value is -1.94. The third kappa shape index (κ3) is 64.7. The van der Waals surface area contributed by atoms with Crippen molar-refractivity contribution in [1.29, 1.82) is 0 Å². The van der Waals surface area contributed by atoms with Gasteiger partial charge in [-0.15, -0.1) is 0 Å². The highest BCUT2D eigenvalue weighted by atomic mass is 31.2. The Bertz CT molecular complexity index is 1840. The van der Waals surface area contributed by atoms with Crippen molar-refractivity contribution in [1.82, 2.24) is 0 Å². The molecule has 0 fully saturated rings. The molecule has 94 heavy (non-hydrogen) atoms. The molecule has 0 heterocycles. The average molecular weight is 1380 g/mol. The average Bonchev–Trinajstić information content (AvgIpc) is 2.65. The van der Waals surface area contributed by atoms with E-state index in [9.17, 15) is 43.2 Å². The number of phosphoric ester groups is 2. The van der Waals surface area contributed by atoms with Crippen LogP contribution >= 0.6 is 15.6 Å². The van der Waals surface area contributed by atoms with Crippen molar-refractivity contribution in [2.24, 2.45) is 17.8 Å². The van der Waals surface area contributed by atoms with Crippen molar-refractivity contribution in [3.05, 3.63) is 0 Å². The molecule has 0 rings (SSSR count). The van der Waals surface area contributed by atoms with E-state index in [2.05, 4.69) is 48.5 Å². The number of unbranched alkanes of at least 4 members (excludes halogenated alkanes) is 38. The van der Waals surface area contributed by atoms with Gasteiger partial charge in [0, 0.05) is 25.7 Å². The number of aliphatic hydroxyl groups is 1. The smallest absolute Gasteiger partial charge is 0.462 e. The Balaban J connectivity index is 5.28. The first-order chi connectivity index (χ1) is 45.3. The Morgan fingerprint density at radius 1 is 0.298 bits per heavy atom. The lowest BCUT2D eigenvalue weighted by atomic mass is 9.99. The zero-order chi connectivity index (χ0) is 69.4. The molecule has 0 aromatic carbocycles. The molecule has 0 aliphatic rings. The lowest BCUT2D eigenvalue weighted by Gasteiger charge is -2.21. The second-order valence-electron chi connectivity index (χ2n) is 27.8. The summed E-state index contributed by atoms with van der Waals surface area (Å²) in [5.41, 5.74) is 0. The molecule has 0 radical (unpaired) electrons. The first-order valence-corrected chi connectivity index (χ1v) is 42.0. The van der Waals surface area contributed by atoms with Crippen LogP contribution in [-0.2, 0) is 65.4 Å². The first-order valence-electron chi connectivity index (χ1n) is 39.0. The van der Waals surface area contributed by atoms with E-state index in [4.69, 9.17) is 37.0 Å². The number of phosphoric acid groups is 2. The molecule has 8 atom stereocenters. The van der Waals surface area contributed by atoms with E-state index >= 15 is 0 Å². The van der Waals surface area contributed by atoms with Gasteiger partial charge in [-0.05, 0) is 43.4 Å². The number of ether oxygens (including phenoxy) is 4. The van der Waals surface area contributed by atoms with Gasteiger partial charge < -0.3 is 33.8 Å². The van der Waals surface area contributed by atoms with Gasteiger partial charge in [0.25, 0.3) is 0 Å². The van der Waals surface area contributed by atoms with Gasteiger partial charge >= 0.3 is 39.5 Å². The molecule has 5 unspecified atom stereocenters. The van der Waals surface area contributed by atoms with Crippen LogP contribution in [0.25, 0.3) is 0 Å². The number of carbonyl (C=O) groups excluding carboxylic acids is 4. The summed E-state index contributed by atoms with van der Waals surface area (Å²) >= 11 is 0. The molecule has 0 spiro atoms. The van der Waals surface area contributed by atoms with Crippen LogP contribution in [0.1, 0.15) is 382 Å². The largest absolute Gasteiger partial charge is 0.472 e. The van der Waals surface area contributed by atoms with E-state index in [1.54, 1.807) is 0 Å². The molecule has 558 valence electrons. The molecule has 0 saturated heterocycles. The molecule has 0 bridgehead atoms. The molecular weight excluding hydrogens is 1230 g/mol. The van der Waals surface area contributed by atoms with Crippen LogP contribution in [0.5, 0.6) is 0 Å². The molecule has 0 aliphatic heterocycles. The summed E-state index contributed by atoms with van der Waals surface area (Å²) in [6, 6.07) is 0. The minimum Gasteiger partial charge on any atom is -0.462 e.